The average Bonchev–Trinajstić information content (AvgIpc) is 2.95. The van der Waals surface area contributed by atoms with E-state index >= 15 is 0 Å². The molecule has 1 unspecified atom stereocenters. The number of nitrogens with zero attached hydrogens (tertiary/aromatic N) is 1. The van der Waals surface area contributed by atoms with Gasteiger partial charge in [0.05, 0.1) is 5.54 Å². The van der Waals surface area contributed by atoms with Gasteiger partial charge < -0.3 is 0 Å². The van der Waals surface area contributed by atoms with Crippen LogP contribution < -0.4 is 0 Å². The Hall–Kier alpha value is -0.740. The van der Waals surface area contributed by atoms with Crippen molar-refractivity contribution in [3.05, 3.63) is 34.1 Å². The van der Waals surface area contributed by atoms with Gasteiger partial charge in [-0.3, -0.25) is 9.69 Å². The highest BCUT2D eigenvalue weighted by Crippen LogP contribution is 2.28. The largest absolute Gasteiger partial charge is 0.297 e. The van der Waals surface area contributed by atoms with Gasteiger partial charge in [-0.25, -0.2) is 4.39 Å². The number of hydrogen-bond donors (Lipinski definition) is 0. The molecule has 2 nitrogen and oxygen atoms in total. The summed E-state index contributed by atoms with van der Waals surface area (Å²) in [5, 5.41) is 0. The first-order chi connectivity index (χ1) is 9.47. The van der Waals surface area contributed by atoms with E-state index in [1.807, 2.05) is 6.92 Å². The molecule has 0 aliphatic carbocycles. The van der Waals surface area contributed by atoms with Crippen molar-refractivity contribution >= 4 is 21.7 Å². The van der Waals surface area contributed by atoms with E-state index < -0.39 is 5.54 Å². The molecule has 1 fully saturated rings. The Morgan fingerprint density at radius 3 is 2.60 bits per heavy atom. The summed E-state index contributed by atoms with van der Waals surface area (Å²) >= 11 is 3.34. The van der Waals surface area contributed by atoms with Gasteiger partial charge in [0.15, 0.2) is 5.78 Å². The highest BCUT2D eigenvalue weighted by atomic mass is 79.9. The van der Waals surface area contributed by atoms with Gasteiger partial charge in [0.1, 0.15) is 5.82 Å². The highest BCUT2D eigenvalue weighted by molar-refractivity contribution is 9.10. The van der Waals surface area contributed by atoms with Gasteiger partial charge in [-0.1, -0.05) is 28.9 Å². The van der Waals surface area contributed by atoms with E-state index in [1.54, 1.807) is 6.07 Å². The number of Topliss-reactive ketones (excluding diaryl/α,β-unsaturated/α-hetero) is 1. The van der Waals surface area contributed by atoms with Crippen LogP contribution >= 0.6 is 15.9 Å². The van der Waals surface area contributed by atoms with Crippen LogP contribution in [0.4, 0.5) is 4.39 Å². The molecule has 0 saturated carbocycles. The van der Waals surface area contributed by atoms with Gasteiger partial charge in [0.2, 0.25) is 0 Å². The monoisotopic (exact) mass is 341 g/mol. The van der Waals surface area contributed by atoms with E-state index in [0.29, 0.717) is 10.9 Å². The highest BCUT2D eigenvalue weighted by Gasteiger charge is 2.38. The molecule has 20 heavy (non-hydrogen) atoms. The lowest BCUT2D eigenvalue weighted by molar-refractivity contribution is -0.129. The average molecular weight is 342 g/mol. The van der Waals surface area contributed by atoms with E-state index in [0.717, 1.165) is 25.1 Å². The Morgan fingerprint density at radius 2 is 2.05 bits per heavy atom. The lowest BCUT2D eigenvalue weighted by Gasteiger charge is -2.36. The summed E-state index contributed by atoms with van der Waals surface area (Å²) in [5.41, 5.74) is 0.458. The molecule has 110 valence electrons. The predicted molar refractivity (Wildman–Crippen MR) is 82.3 cm³/mol. The third-order valence-corrected chi connectivity index (χ3v) is 5.20. The van der Waals surface area contributed by atoms with Crippen LogP contribution in [0.2, 0.25) is 0 Å². The van der Waals surface area contributed by atoms with Crippen LogP contribution in [0.25, 0.3) is 0 Å². The first-order valence-corrected chi connectivity index (χ1v) is 7.99. The molecular weight excluding hydrogens is 321 g/mol. The van der Waals surface area contributed by atoms with Gasteiger partial charge >= 0.3 is 0 Å². The number of halogens is 2. The van der Waals surface area contributed by atoms with E-state index in [1.165, 1.54) is 25.0 Å². The molecule has 0 N–H and O–H groups in total. The van der Waals surface area contributed by atoms with E-state index in [4.69, 9.17) is 0 Å². The van der Waals surface area contributed by atoms with Crippen LogP contribution in [0.15, 0.2) is 22.7 Å². The number of ketones is 1. The molecule has 1 saturated heterocycles. The van der Waals surface area contributed by atoms with E-state index in [-0.39, 0.29) is 11.6 Å². The number of likely N-dealkylation sites (tertiary alicyclic amines) is 1. The lowest BCUT2D eigenvalue weighted by Crippen LogP contribution is -2.51. The number of carbonyl (C=O) groups excluding carboxylic acids is 1. The third kappa shape index (κ3) is 3.12. The molecule has 2 rings (SSSR count). The predicted octanol–water partition coefficient (Wildman–Crippen LogP) is 3.96. The molecule has 1 atom stereocenters. The first-order valence-electron chi connectivity index (χ1n) is 7.19. The van der Waals surface area contributed by atoms with Crippen molar-refractivity contribution < 1.29 is 9.18 Å². The minimum atomic E-state index is -0.398. The number of benzene rings is 1. The molecule has 0 spiro atoms. The van der Waals surface area contributed by atoms with Crippen LogP contribution in [0.5, 0.6) is 0 Å². The maximum Gasteiger partial charge on any atom is 0.157 e. The van der Waals surface area contributed by atoms with Gasteiger partial charge in [-0.05, 0) is 57.0 Å². The fraction of sp³-hybridized carbons (Fsp3) is 0.562. The van der Waals surface area contributed by atoms with Crippen molar-refractivity contribution in [1.82, 2.24) is 4.90 Å². The minimum absolute atomic E-state index is 0.217. The van der Waals surface area contributed by atoms with Crippen LogP contribution in [0.1, 0.15) is 38.7 Å². The SMILES string of the molecule is CCC(C)(C(=O)Cc1ccc(F)cc1Br)N1CCCC1. The normalized spacial score (nSPS) is 19.0. The van der Waals surface area contributed by atoms with Crippen molar-refractivity contribution in [2.45, 2.75) is 45.1 Å². The van der Waals surface area contributed by atoms with Crippen molar-refractivity contribution in [3.8, 4) is 0 Å². The molecular formula is C16H21BrFNO. The quantitative estimate of drug-likeness (QED) is 0.807. The maximum atomic E-state index is 13.1. The summed E-state index contributed by atoms with van der Waals surface area (Å²) < 4.78 is 13.8. The second kappa shape index (κ2) is 6.35. The standard InChI is InChI=1S/C16H21BrFNO/c1-3-16(2,19-8-4-5-9-19)15(20)10-12-6-7-13(18)11-14(12)17/h6-7,11H,3-5,8-10H2,1-2H3. The second-order valence-corrected chi connectivity index (χ2v) is 6.51. The van der Waals surface area contributed by atoms with Gasteiger partial charge in [0, 0.05) is 10.9 Å². The molecule has 1 aromatic carbocycles. The van der Waals surface area contributed by atoms with Gasteiger partial charge in [-0.15, -0.1) is 0 Å². The molecule has 0 bridgehead atoms. The summed E-state index contributed by atoms with van der Waals surface area (Å²) in [6.07, 6.45) is 3.50. The zero-order chi connectivity index (χ0) is 14.8. The van der Waals surface area contributed by atoms with Crippen LogP contribution in [0.3, 0.4) is 0 Å². The van der Waals surface area contributed by atoms with Gasteiger partial charge in [-0.2, -0.15) is 0 Å². The number of hydrogen-bond acceptors (Lipinski definition) is 2. The summed E-state index contributed by atoms with van der Waals surface area (Å²) in [4.78, 5) is 15.0. The Kier molecular flexibility index (Phi) is 4.97. The minimum Gasteiger partial charge on any atom is -0.297 e. The zero-order valence-electron chi connectivity index (χ0n) is 12.1. The summed E-state index contributed by atoms with van der Waals surface area (Å²) in [6, 6.07) is 4.52. The molecule has 0 aromatic heterocycles. The fourth-order valence-electron chi connectivity index (χ4n) is 2.84. The topological polar surface area (TPSA) is 20.3 Å². The van der Waals surface area contributed by atoms with Crippen molar-refractivity contribution in [2.75, 3.05) is 13.1 Å². The second-order valence-electron chi connectivity index (χ2n) is 5.66. The van der Waals surface area contributed by atoms with Crippen molar-refractivity contribution in [3.63, 3.8) is 0 Å². The smallest absolute Gasteiger partial charge is 0.157 e. The van der Waals surface area contributed by atoms with Crippen LogP contribution in [0, 0.1) is 5.82 Å². The van der Waals surface area contributed by atoms with E-state index in [9.17, 15) is 9.18 Å². The molecule has 1 aromatic rings. The maximum absolute atomic E-state index is 13.1. The first kappa shape index (κ1) is 15.6. The summed E-state index contributed by atoms with van der Waals surface area (Å²) in [6.45, 7) is 6.11. The Balaban J connectivity index is 2.16. The van der Waals surface area contributed by atoms with Crippen LogP contribution in [-0.2, 0) is 11.2 Å². The summed E-state index contributed by atoms with van der Waals surface area (Å²) in [7, 11) is 0. The lowest BCUT2D eigenvalue weighted by atomic mass is 9.87. The van der Waals surface area contributed by atoms with Crippen LogP contribution in [-0.4, -0.2) is 29.3 Å². The zero-order valence-corrected chi connectivity index (χ0v) is 13.7. The van der Waals surface area contributed by atoms with Crippen molar-refractivity contribution in [1.29, 1.82) is 0 Å². The fourth-order valence-corrected chi connectivity index (χ4v) is 3.33. The van der Waals surface area contributed by atoms with Gasteiger partial charge in [0.25, 0.3) is 0 Å². The third-order valence-electron chi connectivity index (χ3n) is 4.46. The van der Waals surface area contributed by atoms with Crippen molar-refractivity contribution in [2.24, 2.45) is 0 Å². The molecule has 1 aliphatic heterocycles. The number of carbonyl (C=O) groups is 1. The molecule has 1 heterocycles. The molecule has 4 heteroatoms. The Labute approximate surface area is 128 Å². The molecule has 0 radical (unpaired) electrons. The Morgan fingerprint density at radius 1 is 1.40 bits per heavy atom. The molecule has 1 aliphatic rings. The summed E-state index contributed by atoms with van der Waals surface area (Å²) in [5.74, 6) is -0.0694. The molecule has 0 amide bonds. The number of rotatable bonds is 5. The Bertz CT molecular complexity index is 499. The van der Waals surface area contributed by atoms with E-state index in [2.05, 4.69) is 27.8 Å².